The van der Waals surface area contributed by atoms with Gasteiger partial charge in [0.1, 0.15) is 5.82 Å². The molecular formula is C18H23N7. The van der Waals surface area contributed by atoms with Crippen LogP contribution in [0.25, 0.3) is 16.9 Å². The highest BCUT2D eigenvalue weighted by molar-refractivity contribution is 5.79. The zero-order valence-corrected chi connectivity index (χ0v) is 14.0. The second kappa shape index (κ2) is 5.93. The van der Waals surface area contributed by atoms with Gasteiger partial charge in [0.15, 0.2) is 5.65 Å². The highest BCUT2D eigenvalue weighted by Crippen LogP contribution is 2.39. The first-order valence-corrected chi connectivity index (χ1v) is 8.58. The van der Waals surface area contributed by atoms with Gasteiger partial charge in [-0.1, -0.05) is 18.2 Å². The molecule has 0 atom stereocenters. The standard InChI is InChI=1S/C18H23N7/c19-11-6-4-10(5-7-11)12-2-1-3-13(17(12)22)15-9-25-18(23-15)14(20)8-16(21)24-25/h1-3,8-11H,4-7,19-20,22H2,(H2,21,24)/t10-,11-. The Balaban J connectivity index is 1.76. The van der Waals surface area contributed by atoms with Crippen LogP contribution in [-0.4, -0.2) is 20.6 Å². The van der Waals surface area contributed by atoms with Gasteiger partial charge in [-0.25, -0.2) is 9.50 Å². The fourth-order valence-corrected chi connectivity index (χ4v) is 3.74. The molecule has 0 radical (unpaired) electrons. The van der Waals surface area contributed by atoms with Crippen molar-refractivity contribution in [3.05, 3.63) is 36.0 Å². The fourth-order valence-electron chi connectivity index (χ4n) is 3.74. The van der Waals surface area contributed by atoms with Crippen LogP contribution in [0.4, 0.5) is 17.2 Å². The number of nitrogens with two attached hydrogens (primary N) is 4. The van der Waals surface area contributed by atoms with E-state index in [-0.39, 0.29) is 0 Å². The van der Waals surface area contributed by atoms with Crippen LogP contribution in [-0.2, 0) is 0 Å². The number of imidazole rings is 1. The summed E-state index contributed by atoms with van der Waals surface area (Å²) in [5.74, 6) is 0.810. The molecule has 0 aliphatic heterocycles. The van der Waals surface area contributed by atoms with Gasteiger partial charge in [-0.2, -0.15) is 0 Å². The SMILES string of the molecule is Nc1cc(N)c2nc(-c3cccc([C@H]4CC[C@H](N)CC4)c3N)cn2n1. The van der Waals surface area contributed by atoms with Gasteiger partial charge in [-0.15, -0.1) is 5.10 Å². The van der Waals surface area contributed by atoms with E-state index in [1.807, 2.05) is 18.3 Å². The summed E-state index contributed by atoms with van der Waals surface area (Å²) >= 11 is 0. The summed E-state index contributed by atoms with van der Waals surface area (Å²) in [7, 11) is 0. The van der Waals surface area contributed by atoms with E-state index >= 15 is 0 Å². The van der Waals surface area contributed by atoms with E-state index < -0.39 is 0 Å². The maximum Gasteiger partial charge on any atom is 0.177 e. The molecule has 3 aromatic rings. The summed E-state index contributed by atoms with van der Waals surface area (Å²) in [4.78, 5) is 4.60. The molecule has 1 saturated carbocycles. The third-order valence-corrected chi connectivity index (χ3v) is 5.10. The average Bonchev–Trinajstić information content (AvgIpc) is 3.00. The molecule has 2 heterocycles. The number of hydrogen-bond acceptors (Lipinski definition) is 6. The minimum absolute atomic E-state index is 0.318. The molecule has 1 aromatic carbocycles. The Labute approximate surface area is 146 Å². The zero-order valence-electron chi connectivity index (χ0n) is 14.0. The third-order valence-electron chi connectivity index (χ3n) is 5.10. The number of nitrogen functional groups attached to an aromatic ring is 3. The minimum Gasteiger partial charge on any atom is -0.398 e. The zero-order chi connectivity index (χ0) is 17.6. The van der Waals surface area contributed by atoms with Crippen LogP contribution in [0.1, 0.15) is 37.2 Å². The van der Waals surface area contributed by atoms with Gasteiger partial charge in [0, 0.05) is 23.4 Å². The molecule has 130 valence electrons. The van der Waals surface area contributed by atoms with Crippen molar-refractivity contribution in [1.82, 2.24) is 14.6 Å². The lowest BCUT2D eigenvalue weighted by Crippen LogP contribution is -2.26. The molecule has 1 fully saturated rings. The van der Waals surface area contributed by atoms with Crippen LogP contribution in [0.15, 0.2) is 30.5 Å². The van der Waals surface area contributed by atoms with E-state index in [1.54, 1.807) is 10.6 Å². The van der Waals surface area contributed by atoms with E-state index in [4.69, 9.17) is 22.9 Å². The van der Waals surface area contributed by atoms with Gasteiger partial charge in [-0.05, 0) is 37.2 Å². The minimum atomic E-state index is 0.318. The van der Waals surface area contributed by atoms with Crippen molar-refractivity contribution >= 4 is 22.8 Å². The predicted octanol–water partition coefficient (Wildman–Crippen LogP) is 2.13. The number of hydrogen-bond donors (Lipinski definition) is 4. The number of anilines is 3. The Morgan fingerprint density at radius 2 is 1.80 bits per heavy atom. The van der Waals surface area contributed by atoms with Crippen molar-refractivity contribution in [3.63, 3.8) is 0 Å². The quantitative estimate of drug-likeness (QED) is 0.529. The molecule has 8 N–H and O–H groups in total. The Bertz CT molecular complexity index is 923. The molecule has 0 saturated heterocycles. The molecule has 2 aromatic heterocycles. The summed E-state index contributed by atoms with van der Waals surface area (Å²) in [5, 5.41) is 4.23. The highest BCUT2D eigenvalue weighted by Gasteiger charge is 2.23. The van der Waals surface area contributed by atoms with Gasteiger partial charge < -0.3 is 22.9 Å². The molecule has 7 nitrogen and oxygen atoms in total. The lowest BCUT2D eigenvalue weighted by atomic mass is 9.80. The summed E-state index contributed by atoms with van der Waals surface area (Å²) in [6, 6.07) is 8.05. The normalized spacial score (nSPS) is 20.8. The summed E-state index contributed by atoms with van der Waals surface area (Å²) in [5.41, 5.74) is 29.0. The van der Waals surface area contributed by atoms with Crippen molar-refractivity contribution in [2.45, 2.75) is 37.6 Å². The van der Waals surface area contributed by atoms with E-state index in [0.29, 0.717) is 29.1 Å². The molecule has 1 aliphatic carbocycles. The smallest absolute Gasteiger partial charge is 0.177 e. The maximum atomic E-state index is 6.51. The van der Waals surface area contributed by atoms with Gasteiger partial charge >= 0.3 is 0 Å². The van der Waals surface area contributed by atoms with Gasteiger partial charge in [-0.3, -0.25) is 0 Å². The first kappa shape index (κ1) is 15.7. The number of fused-ring (bicyclic) bond motifs is 1. The Morgan fingerprint density at radius 3 is 2.56 bits per heavy atom. The fraction of sp³-hybridized carbons (Fsp3) is 0.333. The molecular weight excluding hydrogens is 314 g/mol. The maximum absolute atomic E-state index is 6.51. The van der Waals surface area contributed by atoms with Crippen LogP contribution in [0.3, 0.4) is 0 Å². The van der Waals surface area contributed by atoms with Crippen molar-refractivity contribution in [1.29, 1.82) is 0 Å². The first-order valence-electron chi connectivity index (χ1n) is 8.58. The summed E-state index contributed by atoms with van der Waals surface area (Å²) in [6.45, 7) is 0. The van der Waals surface area contributed by atoms with Crippen LogP contribution in [0, 0.1) is 0 Å². The molecule has 7 heteroatoms. The van der Waals surface area contributed by atoms with Crippen molar-refractivity contribution < 1.29 is 0 Å². The molecule has 0 amide bonds. The lowest BCUT2D eigenvalue weighted by molar-refractivity contribution is 0.396. The van der Waals surface area contributed by atoms with Gasteiger partial charge in [0.2, 0.25) is 0 Å². The van der Waals surface area contributed by atoms with E-state index in [9.17, 15) is 0 Å². The highest BCUT2D eigenvalue weighted by atomic mass is 15.3. The molecule has 0 spiro atoms. The van der Waals surface area contributed by atoms with Crippen LogP contribution < -0.4 is 22.9 Å². The second-order valence-corrected chi connectivity index (χ2v) is 6.84. The van der Waals surface area contributed by atoms with Gasteiger partial charge in [0.25, 0.3) is 0 Å². The summed E-state index contributed by atoms with van der Waals surface area (Å²) in [6.07, 6.45) is 6.05. The van der Waals surface area contributed by atoms with E-state index in [0.717, 1.165) is 42.6 Å². The van der Waals surface area contributed by atoms with Crippen LogP contribution in [0.2, 0.25) is 0 Å². The van der Waals surface area contributed by atoms with Crippen molar-refractivity contribution in [2.75, 3.05) is 17.2 Å². The third kappa shape index (κ3) is 2.76. The topological polar surface area (TPSA) is 134 Å². The number of aromatic nitrogens is 3. The number of nitrogens with zero attached hydrogens (tertiary/aromatic N) is 3. The second-order valence-electron chi connectivity index (χ2n) is 6.84. The van der Waals surface area contributed by atoms with E-state index in [1.165, 1.54) is 5.56 Å². The number of rotatable bonds is 2. The molecule has 0 bridgehead atoms. The largest absolute Gasteiger partial charge is 0.398 e. The molecule has 1 aliphatic rings. The number of benzene rings is 1. The Hall–Kier alpha value is -2.80. The Morgan fingerprint density at radius 1 is 1.04 bits per heavy atom. The van der Waals surface area contributed by atoms with E-state index in [2.05, 4.69) is 16.1 Å². The van der Waals surface area contributed by atoms with Gasteiger partial charge in [0.05, 0.1) is 17.6 Å². The molecule has 4 rings (SSSR count). The lowest BCUT2D eigenvalue weighted by Gasteiger charge is -2.27. The predicted molar refractivity (Wildman–Crippen MR) is 101 cm³/mol. The monoisotopic (exact) mass is 337 g/mol. The first-order chi connectivity index (χ1) is 12.0. The molecule has 0 unspecified atom stereocenters. The average molecular weight is 337 g/mol. The van der Waals surface area contributed by atoms with Crippen LogP contribution >= 0.6 is 0 Å². The number of para-hydroxylation sites is 1. The Kier molecular flexibility index (Phi) is 3.73. The molecule has 25 heavy (non-hydrogen) atoms. The summed E-state index contributed by atoms with van der Waals surface area (Å²) < 4.78 is 1.60. The van der Waals surface area contributed by atoms with Crippen LogP contribution in [0.5, 0.6) is 0 Å². The van der Waals surface area contributed by atoms with Crippen molar-refractivity contribution in [2.24, 2.45) is 5.73 Å². The van der Waals surface area contributed by atoms with Crippen molar-refractivity contribution in [3.8, 4) is 11.3 Å².